The summed E-state index contributed by atoms with van der Waals surface area (Å²) in [5.74, 6) is -0.243. The van der Waals surface area contributed by atoms with Gasteiger partial charge in [0, 0.05) is 10.4 Å². The topological polar surface area (TPSA) is 63.2 Å². The molecule has 0 saturated heterocycles. The van der Waals surface area contributed by atoms with E-state index in [2.05, 4.69) is 5.32 Å². The zero-order valence-electron chi connectivity index (χ0n) is 14.1. The zero-order valence-corrected chi connectivity index (χ0v) is 15.7. The largest absolute Gasteiger partial charge is 0.345 e. The second-order valence-electron chi connectivity index (χ2n) is 6.33. The lowest BCUT2D eigenvalue weighted by atomic mass is 10.1. The molecule has 2 heterocycles. The first-order chi connectivity index (χ1) is 12.5. The van der Waals surface area contributed by atoms with E-state index in [9.17, 15) is 13.2 Å². The summed E-state index contributed by atoms with van der Waals surface area (Å²) in [6.45, 7) is 1.93. The molecule has 1 atom stereocenters. The van der Waals surface area contributed by atoms with Gasteiger partial charge >= 0.3 is 0 Å². The fourth-order valence-corrected chi connectivity index (χ4v) is 6.04. The Labute approximate surface area is 156 Å². The second-order valence-corrected chi connectivity index (χ2v) is 9.34. The summed E-state index contributed by atoms with van der Waals surface area (Å²) in [5, 5.41) is 2.99. The average molecular weight is 383 g/mol. The molecule has 3 aromatic rings. The van der Waals surface area contributed by atoms with E-state index >= 15 is 0 Å². The Morgan fingerprint density at radius 3 is 2.54 bits per heavy atom. The van der Waals surface area contributed by atoms with E-state index in [0.717, 1.165) is 10.4 Å². The van der Waals surface area contributed by atoms with Crippen LogP contribution in [0.4, 0.5) is 0 Å². The molecule has 2 aromatic carbocycles. The Hall–Kier alpha value is -2.44. The molecule has 6 heteroatoms. The number of hydrogen-bond acceptors (Lipinski definition) is 4. The Balaban J connectivity index is 1.66. The van der Waals surface area contributed by atoms with Crippen molar-refractivity contribution in [3.8, 4) is 10.4 Å². The van der Waals surface area contributed by atoms with E-state index in [0.29, 0.717) is 20.9 Å². The summed E-state index contributed by atoms with van der Waals surface area (Å²) in [5.41, 5.74) is 2.41. The molecule has 0 bridgehead atoms. The van der Waals surface area contributed by atoms with E-state index < -0.39 is 9.84 Å². The lowest BCUT2D eigenvalue weighted by molar-refractivity contribution is 0.0944. The number of thiophene rings is 1. The summed E-state index contributed by atoms with van der Waals surface area (Å²) in [4.78, 5) is 14.4. The third-order valence-corrected chi connectivity index (χ3v) is 7.42. The number of nitrogens with one attached hydrogen (secondary N) is 1. The van der Waals surface area contributed by atoms with Crippen LogP contribution in [0.3, 0.4) is 0 Å². The first-order valence-electron chi connectivity index (χ1n) is 8.26. The minimum absolute atomic E-state index is 0.0582. The summed E-state index contributed by atoms with van der Waals surface area (Å²) in [6.07, 6.45) is 0. The molecular weight excluding hydrogens is 366 g/mol. The lowest BCUT2D eigenvalue weighted by Crippen LogP contribution is -2.25. The number of amides is 1. The third kappa shape index (κ3) is 2.95. The molecule has 1 aliphatic rings. The smallest absolute Gasteiger partial charge is 0.261 e. The highest BCUT2D eigenvalue weighted by Crippen LogP contribution is 2.42. The molecule has 0 saturated carbocycles. The highest BCUT2D eigenvalue weighted by molar-refractivity contribution is 7.91. The number of fused-ring (bicyclic) bond motifs is 3. The SMILES string of the molecule is CC(NC(=O)c1cc2c(s1)-c1ccccc1S(=O)(=O)C2)c1ccccc1. The number of carbonyl (C=O) groups excluding carboxylic acids is 1. The zero-order chi connectivity index (χ0) is 18.3. The van der Waals surface area contributed by atoms with Gasteiger partial charge in [-0.1, -0.05) is 48.5 Å². The van der Waals surface area contributed by atoms with Gasteiger partial charge in [0.1, 0.15) is 0 Å². The number of rotatable bonds is 3. The van der Waals surface area contributed by atoms with Gasteiger partial charge in [-0.15, -0.1) is 11.3 Å². The maximum atomic E-state index is 12.7. The van der Waals surface area contributed by atoms with Crippen LogP contribution in [0.2, 0.25) is 0 Å². The molecule has 4 rings (SSSR count). The average Bonchev–Trinajstić information content (AvgIpc) is 3.06. The van der Waals surface area contributed by atoms with Crippen LogP contribution < -0.4 is 5.32 Å². The van der Waals surface area contributed by atoms with Crippen molar-refractivity contribution in [2.45, 2.75) is 23.6 Å². The van der Waals surface area contributed by atoms with Gasteiger partial charge in [-0.2, -0.15) is 0 Å². The predicted molar refractivity (Wildman–Crippen MR) is 103 cm³/mol. The van der Waals surface area contributed by atoms with Gasteiger partial charge in [-0.3, -0.25) is 4.79 Å². The summed E-state index contributed by atoms with van der Waals surface area (Å²) in [7, 11) is -3.36. The van der Waals surface area contributed by atoms with Gasteiger partial charge in [-0.25, -0.2) is 8.42 Å². The maximum absolute atomic E-state index is 12.7. The molecule has 26 heavy (non-hydrogen) atoms. The number of benzene rings is 2. The normalized spacial score (nSPS) is 15.6. The summed E-state index contributed by atoms with van der Waals surface area (Å²) < 4.78 is 25.0. The molecule has 0 fully saturated rings. The van der Waals surface area contributed by atoms with E-state index in [-0.39, 0.29) is 17.7 Å². The first kappa shape index (κ1) is 17.0. The molecule has 1 aliphatic heterocycles. The van der Waals surface area contributed by atoms with Gasteiger partial charge in [-0.05, 0) is 30.2 Å². The van der Waals surface area contributed by atoms with Crippen molar-refractivity contribution >= 4 is 27.1 Å². The minimum Gasteiger partial charge on any atom is -0.345 e. The maximum Gasteiger partial charge on any atom is 0.261 e. The Morgan fingerprint density at radius 1 is 1.08 bits per heavy atom. The van der Waals surface area contributed by atoms with Gasteiger partial charge in [0.05, 0.1) is 21.6 Å². The van der Waals surface area contributed by atoms with Crippen molar-refractivity contribution in [2.24, 2.45) is 0 Å². The highest BCUT2D eigenvalue weighted by Gasteiger charge is 2.30. The number of hydrogen-bond donors (Lipinski definition) is 1. The van der Waals surface area contributed by atoms with Crippen molar-refractivity contribution in [2.75, 3.05) is 0 Å². The van der Waals surface area contributed by atoms with E-state index in [1.165, 1.54) is 11.3 Å². The summed E-state index contributed by atoms with van der Waals surface area (Å²) in [6, 6.07) is 18.3. The fourth-order valence-electron chi connectivity index (χ4n) is 3.18. The Kier molecular flexibility index (Phi) is 4.17. The lowest BCUT2D eigenvalue weighted by Gasteiger charge is -2.15. The van der Waals surface area contributed by atoms with Crippen LogP contribution in [0.25, 0.3) is 10.4 Å². The first-order valence-corrected chi connectivity index (χ1v) is 10.7. The van der Waals surface area contributed by atoms with Gasteiger partial charge in [0.25, 0.3) is 5.91 Å². The molecule has 4 nitrogen and oxygen atoms in total. The molecule has 1 N–H and O–H groups in total. The van der Waals surface area contributed by atoms with Crippen LogP contribution >= 0.6 is 11.3 Å². The molecule has 132 valence electrons. The molecular formula is C20H17NO3S2. The van der Waals surface area contributed by atoms with Crippen LogP contribution in [0.1, 0.15) is 33.8 Å². The molecule has 0 radical (unpaired) electrons. The molecule has 0 spiro atoms. The van der Waals surface area contributed by atoms with Crippen LogP contribution in [0.5, 0.6) is 0 Å². The van der Waals surface area contributed by atoms with Crippen molar-refractivity contribution in [3.63, 3.8) is 0 Å². The van der Waals surface area contributed by atoms with Crippen molar-refractivity contribution in [1.82, 2.24) is 5.32 Å². The summed E-state index contributed by atoms with van der Waals surface area (Å²) >= 11 is 1.35. The number of sulfone groups is 1. The monoisotopic (exact) mass is 383 g/mol. The van der Waals surface area contributed by atoms with E-state index in [1.807, 2.05) is 43.3 Å². The van der Waals surface area contributed by atoms with Crippen LogP contribution in [-0.4, -0.2) is 14.3 Å². The molecule has 1 amide bonds. The second kappa shape index (κ2) is 6.37. The third-order valence-electron chi connectivity index (χ3n) is 4.49. The van der Waals surface area contributed by atoms with Crippen molar-refractivity contribution in [3.05, 3.63) is 76.7 Å². The van der Waals surface area contributed by atoms with Gasteiger partial charge < -0.3 is 5.32 Å². The van der Waals surface area contributed by atoms with Crippen molar-refractivity contribution in [1.29, 1.82) is 0 Å². The van der Waals surface area contributed by atoms with E-state index in [1.54, 1.807) is 24.3 Å². The Bertz CT molecular complexity index is 1090. The highest BCUT2D eigenvalue weighted by atomic mass is 32.2. The molecule has 1 unspecified atom stereocenters. The van der Waals surface area contributed by atoms with E-state index in [4.69, 9.17) is 0 Å². The fraction of sp³-hybridized carbons (Fsp3) is 0.150. The van der Waals surface area contributed by atoms with Crippen LogP contribution in [-0.2, 0) is 15.6 Å². The molecule has 1 aromatic heterocycles. The standard InChI is InChI=1S/C20H17NO3S2/c1-13(14-7-3-2-4-8-14)21-20(22)17-11-15-12-26(23,24)18-10-6-5-9-16(18)19(15)25-17/h2-11,13H,12H2,1H3,(H,21,22). The predicted octanol–water partition coefficient (Wildman–Crippen LogP) is 4.19. The van der Waals surface area contributed by atoms with Gasteiger partial charge in [0.15, 0.2) is 9.84 Å². The molecule has 0 aliphatic carbocycles. The van der Waals surface area contributed by atoms with Crippen LogP contribution in [0, 0.1) is 0 Å². The van der Waals surface area contributed by atoms with Gasteiger partial charge in [0.2, 0.25) is 0 Å². The quantitative estimate of drug-likeness (QED) is 0.737. The van der Waals surface area contributed by atoms with Crippen LogP contribution in [0.15, 0.2) is 65.6 Å². The minimum atomic E-state index is -3.36. The Morgan fingerprint density at radius 2 is 1.77 bits per heavy atom. The van der Waals surface area contributed by atoms with Crippen molar-refractivity contribution < 1.29 is 13.2 Å². The number of carbonyl (C=O) groups is 1.